The molecule has 2 atom stereocenters. The highest BCUT2D eigenvalue weighted by atomic mass is 16.5. The standard InChI is InChI=1S/C26H28N4O4/c31-24-7-2-8-25(32)30(24)29-16-18-12-20(9-10-21(18)26(29)33)34-23-6-1-5-22(23)28-14-19(15-28)17-4-3-11-27-13-17/h3-4,9-13,19,22-23H,1-2,5-8,14-16H2/t22-,23-/m1/s1. The number of piperidine rings is 1. The van der Waals surface area contributed by atoms with E-state index in [2.05, 4.69) is 16.0 Å². The third-order valence-corrected chi connectivity index (χ3v) is 7.60. The minimum Gasteiger partial charge on any atom is -0.489 e. The van der Waals surface area contributed by atoms with Crippen LogP contribution in [0, 0.1) is 0 Å². The maximum absolute atomic E-state index is 12.9. The molecule has 1 aromatic carbocycles. The number of rotatable bonds is 5. The highest BCUT2D eigenvalue weighted by Crippen LogP contribution is 2.37. The fraction of sp³-hybridized carbons (Fsp3) is 0.462. The third-order valence-electron chi connectivity index (χ3n) is 7.60. The van der Waals surface area contributed by atoms with Gasteiger partial charge in [0.05, 0.1) is 6.54 Å². The van der Waals surface area contributed by atoms with Crippen LogP contribution < -0.4 is 4.74 Å². The molecule has 1 aliphatic carbocycles. The molecule has 1 aromatic heterocycles. The lowest BCUT2D eigenvalue weighted by molar-refractivity contribution is -0.163. The average molecular weight is 461 g/mol. The summed E-state index contributed by atoms with van der Waals surface area (Å²) in [4.78, 5) is 44.3. The molecule has 34 heavy (non-hydrogen) atoms. The van der Waals surface area contributed by atoms with E-state index < -0.39 is 0 Å². The maximum atomic E-state index is 12.9. The molecule has 8 heteroatoms. The van der Waals surface area contributed by atoms with E-state index in [1.165, 1.54) is 10.6 Å². The van der Waals surface area contributed by atoms with Crippen molar-refractivity contribution in [1.82, 2.24) is 19.9 Å². The van der Waals surface area contributed by atoms with Crippen molar-refractivity contribution in [2.24, 2.45) is 0 Å². The highest BCUT2D eigenvalue weighted by Gasteiger charge is 2.42. The zero-order chi connectivity index (χ0) is 23.2. The molecule has 0 radical (unpaired) electrons. The minimum absolute atomic E-state index is 0.117. The van der Waals surface area contributed by atoms with Crippen LogP contribution in [0.3, 0.4) is 0 Å². The van der Waals surface area contributed by atoms with Gasteiger partial charge in [0, 0.05) is 55.8 Å². The minimum atomic E-state index is -0.304. The molecule has 0 unspecified atom stereocenters. The number of carbonyl (C=O) groups is 3. The number of hydrogen-bond acceptors (Lipinski definition) is 6. The Kier molecular flexibility index (Phi) is 5.32. The van der Waals surface area contributed by atoms with Crippen molar-refractivity contribution in [2.75, 3.05) is 13.1 Å². The van der Waals surface area contributed by atoms with Gasteiger partial charge in [0.15, 0.2) is 0 Å². The van der Waals surface area contributed by atoms with Crippen LogP contribution in [0.5, 0.6) is 5.75 Å². The number of aromatic nitrogens is 1. The molecule has 3 fully saturated rings. The number of carbonyl (C=O) groups excluding carboxylic acids is 3. The highest BCUT2D eigenvalue weighted by molar-refractivity contribution is 6.04. The van der Waals surface area contributed by atoms with Crippen LogP contribution in [0.4, 0.5) is 0 Å². The van der Waals surface area contributed by atoms with Crippen LogP contribution in [0.15, 0.2) is 42.7 Å². The van der Waals surface area contributed by atoms with Crippen LogP contribution in [-0.2, 0) is 16.1 Å². The molecule has 6 rings (SSSR count). The number of nitrogens with zero attached hydrogens (tertiary/aromatic N) is 4. The Balaban J connectivity index is 1.12. The van der Waals surface area contributed by atoms with Gasteiger partial charge in [-0.1, -0.05) is 6.07 Å². The van der Waals surface area contributed by atoms with Crippen molar-refractivity contribution in [3.63, 3.8) is 0 Å². The van der Waals surface area contributed by atoms with Gasteiger partial charge < -0.3 is 4.74 Å². The third kappa shape index (κ3) is 3.66. The zero-order valence-electron chi connectivity index (χ0n) is 19.1. The van der Waals surface area contributed by atoms with E-state index in [1.54, 1.807) is 6.07 Å². The molecule has 0 bridgehead atoms. The second-order valence-electron chi connectivity index (χ2n) is 9.73. The summed E-state index contributed by atoms with van der Waals surface area (Å²) < 4.78 is 6.44. The Labute approximate surface area is 198 Å². The first-order valence-electron chi connectivity index (χ1n) is 12.2. The first-order valence-corrected chi connectivity index (χ1v) is 12.2. The molecule has 4 aliphatic rings. The number of amides is 3. The number of likely N-dealkylation sites (tertiary alicyclic amines) is 1. The second kappa shape index (κ2) is 8.51. The summed E-state index contributed by atoms with van der Waals surface area (Å²) in [5, 5.41) is 2.33. The van der Waals surface area contributed by atoms with Gasteiger partial charge in [-0.25, -0.2) is 5.01 Å². The van der Waals surface area contributed by atoms with Crippen LogP contribution in [-0.4, -0.2) is 62.9 Å². The summed E-state index contributed by atoms with van der Waals surface area (Å²) >= 11 is 0. The smallest absolute Gasteiger partial charge is 0.273 e. The summed E-state index contributed by atoms with van der Waals surface area (Å²) in [6, 6.07) is 10.0. The van der Waals surface area contributed by atoms with Crippen LogP contribution in [0.2, 0.25) is 0 Å². The summed E-state index contributed by atoms with van der Waals surface area (Å²) in [6.07, 6.45) is 8.30. The SMILES string of the molecule is O=C1c2ccc(O[C@@H]3CCC[C@H]3N3CC(c4cccnc4)C3)cc2CN1N1C(=O)CCCC1=O. The molecular formula is C26H28N4O4. The van der Waals surface area contributed by atoms with E-state index in [1.807, 2.05) is 30.6 Å². The number of pyridine rings is 1. The van der Waals surface area contributed by atoms with Gasteiger partial charge in [0.2, 0.25) is 11.8 Å². The molecule has 1 saturated carbocycles. The topological polar surface area (TPSA) is 83.1 Å². The number of benzene rings is 1. The normalized spacial score (nSPS) is 25.6. The van der Waals surface area contributed by atoms with E-state index >= 15 is 0 Å². The van der Waals surface area contributed by atoms with Gasteiger partial charge in [0.1, 0.15) is 11.9 Å². The first kappa shape index (κ1) is 21.3. The fourth-order valence-corrected chi connectivity index (χ4v) is 5.78. The van der Waals surface area contributed by atoms with Crippen molar-refractivity contribution in [2.45, 2.75) is 63.1 Å². The van der Waals surface area contributed by atoms with Crippen LogP contribution >= 0.6 is 0 Å². The summed E-state index contributed by atoms with van der Waals surface area (Å²) in [5.74, 6) is 0.368. The summed E-state index contributed by atoms with van der Waals surface area (Å²) in [5.41, 5.74) is 2.63. The van der Waals surface area contributed by atoms with Gasteiger partial charge in [-0.3, -0.25) is 24.3 Å². The molecule has 4 heterocycles. The van der Waals surface area contributed by atoms with E-state index in [0.717, 1.165) is 48.7 Å². The summed E-state index contributed by atoms with van der Waals surface area (Å²) in [7, 11) is 0. The molecule has 8 nitrogen and oxygen atoms in total. The van der Waals surface area contributed by atoms with Gasteiger partial charge in [-0.15, -0.1) is 0 Å². The van der Waals surface area contributed by atoms with Gasteiger partial charge in [0.25, 0.3) is 5.91 Å². The summed E-state index contributed by atoms with van der Waals surface area (Å²) in [6.45, 7) is 2.28. The van der Waals surface area contributed by atoms with E-state index in [-0.39, 0.29) is 30.4 Å². The Hall–Kier alpha value is -3.26. The first-order chi connectivity index (χ1) is 16.6. The van der Waals surface area contributed by atoms with Crippen molar-refractivity contribution in [3.8, 4) is 5.75 Å². The van der Waals surface area contributed by atoms with Crippen molar-refractivity contribution in [3.05, 3.63) is 59.4 Å². The monoisotopic (exact) mass is 460 g/mol. The average Bonchev–Trinajstić information content (AvgIpc) is 3.38. The van der Waals surface area contributed by atoms with Crippen molar-refractivity contribution in [1.29, 1.82) is 0 Å². The van der Waals surface area contributed by atoms with Gasteiger partial charge in [-0.05, 0) is 61.1 Å². The molecule has 2 saturated heterocycles. The quantitative estimate of drug-likeness (QED) is 0.638. The number of ether oxygens (including phenoxy) is 1. The largest absolute Gasteiger partial charge is 0.489 e. The Morgan fingerprint density at radius 3 is 2.56 bits per heavy atom. The maximum Gasteiger partial charge on any atom is 0.273 e. The fourth-order valence-electron chi connectivity index (χ4n) is 5.78. The lowest BCUT2D eigenvalue weighted by Gasteiger charge is -2.45. The number of hydrazine groups is 1. The molecule has 0 N–H and O–H groups in total. The Morgan fingerprint density at radius 2 is 1.79 bits per heavy atom. The zero-order valence-corrected chi connectivity index (χ0v) is 19.1. The molecule has 0 spiro atoms. The predicted molar refractivity (Wildman–Crippen MR) is 123 cm³/mol. The predicted octanol–water partition coefficient (Wildman–Crippen LogP) is 2.89. The second-order valence-corrected chi connectivity index (χ2v) is 9.73. The number of imide groups is 1. The molecular weight excluding hydrogens is 432 g/mol. The van der Waals surface area contributed by atoms with Crippen molar-refractivity contribution < 1.29 is 19.1 Å². The van der Waals surface area contributed by atoms with Crippen molar-refractivity contribution >= 4 is 17.7 Å². The number of fused-ring (bicyclic) bond motifs is 1. The van der Waals surface area contributed by atoms with E-state index in [4.69, 9.17) is 4.74 Å². The van der Waals surface area contributed by atoms with E-state index in [9.17, 15) is 14.4 Å². The number of hydrogen-bond donors (Lipinski definition) is 0. The van der Waals surface area contributed by atoms with Gasteiger partial charge in [-0.2, -0.15) is 5.01 Å². The lowest BCUT2D eigenvalue weighted by Crippen LogP contribution is -2.54. The molecule has 176 valence electrons. The molecule has 3 aliphatic heterocycles. The lowest BCUT2D eigenvalue weighted by atomic mass is 9.90. The van der Waals surface area contributed by atoms with Crippen LogP contribution in [0.25, 0.3) is 0 Å². The van der Waals surface area contributed by atoms with Gasteiger partial charge >= 0.3 is 0 Å². The molecule has 2 aromatic rings. The van der Waals surface area contributed by atoms with Crippen LogP contribution in [0.1, 0.15) is 65.9 Å². The molecule has 3 amide bonds. The Bertz CT molecular complexity index is 1110. The Morgan fingerprint density at radius 1 is 0.971 bits per heavy atom. The van der Waals surface area contributed by atoms with E-state index in [0.29, 0.717) is 36.8 Å².